The largest absolute Gasteiger partial charge is 0.467 e. The minimum atomic E-state index is -0.404. The van der Waals surface area contributed by atoms with Gasteiger partial charge in [0, 0.05) is 23.9 Å². The molecule has 88 valence electrons. The number of esters is 1. The molecule has 0 saturated heterocycles. The van der Waals surface area contributed by atoms with Crippen molar-refractivity contribution in [3.63, 3.8) is 0 Å². The van der Waals surface area contributed by atoms with Crippen LogP contribution in [-0.4, -0.2) is 23.4 Å². The molecule has 0 aromatic carbocycles. The Morgan fingerprint density at radius 2 is 1.94 bits per heavy atom. The molecule has 16 heavy (non-hydrogen) atoms. The number of ether oxygens (including phenoxy) is 1. The molecule has 0 saturated carbocycles. The van der Waals surface area contributed by atoms with E-state index < -0.39 is 6.04 Å². The zero-order chi connectivity index (χ0) is 12.3. The molecular weight excluding hydrogens is 206 g/mol. The molecule has 1 rings (SSSR count). The highest BCUT2D eigenvalue weighted by Gasteiger charge is 2.17. The fraction of sp³-hybridized carbons (Fsp3) is 0.500. The molecule has 0 amide bonds. The molecule has 1 heterocycles. The molecule has 0 radical (unpaired) electrons. The third-order valence-corrected chi connectivity index (χ3v) is 2.51. The minimum absolute atomic E-state index is 0.0377. The quantitative estimate of drug-likeness (QED) is 0.580. The average Bonchev–Trinajstić information content (AvgIpc) is 2.74. The predicted molar refractivity (Wildman–Crippen MR) is 60.3 cm³/mol. The van der Waals surface area contributed by atoms with Crippen LogP contribution in [0.4, 0.5) is 0 Å². The Labute approximate surface area is 95.2 Å². The Balaban J connectivity index is 2.87. The van der Waals surface area contributed by atoms with Crippen molar-refractivity contribution in [2.45, 2.75) is 26.8 Å². The Hall–Kier alpha value is -1.58. The summed E-state index contributed by atoms with van der Waals surface area (Å²) in [5.41, 5.74) is 0.630. The van der Waals surface area contributed by atoms with E-state index in [0.717, 1.165) is 0 Å². The summed E-state index contributed by atoms with van der Waals surface area (Å²) >= 11 is 0. The number of rotatable bonds is 4. The van der Waals surface area contributed by atoms with E-state index in [9.17, 15) is 9.59 Å². The van der Waals surface area contributed by atoms with Gasteiger partial charge in [0.1, 0.15) is 6.04 Å². The first kappa shape index (κ1) is 12.5. The van der Waals surface area contributed by atoms with Gasteiger partial charge in [0.25, 0.3) is 0 Å². The van der Waals surface area contributed by atoms with Crippen molar-refractivity contribution in [3.05, 3.63) is 24.0 Å². The van der Waals surface area contributed by atoms with E-state index in [1.807, 2.05) is 13.8 Å². The van der Waals surface area contributed by atoms with Gasteiger partial charge in [-0.25, -0.2) is 4.79 Å². The molecule has 4 heteroatoms. The number of Topliss-reactive ketones (excluding diaryl/α,β-unsaturated/α-hetero) is 1. The Morgan fingerprint density at radius 3 is 2.44 bits per heavy atom. The molecule has 1 aromatic heterocycles. The highest BCUT2D eigenvalue weighted by atomic mass is 16.5. The van der Waals surface area contributed by atoms with Crippen LogP contribution in [0, 0.1) is 5.92 Å². The molecule has 4 nitrogen and oxygen atoms in total. The normalized spacial score (nSPS) is 12.6. The van der Waals surface area contributed by atoms with Crippen LogP contribution < -0.4 is 0 Å². The monoisotopic (exact) mass is 223 g/mol. The van der Waals surface area contributed by atoms with Crippen LogP contribution in [0.15, 0.2) is 18.5 Å². The van der Waals surface area contributed by atoms with Crippen LogP contribution in [0.25, 0.3) is 0 Å². The van der Waals surface area contributed by atoms with E-state index in [2.05, 4.69) is 4.74 Å². The molecule has 0 fully saturated rings. The summed E-state index contributed by atoms with van der Waals surface area (Å²) in [5.74, 6) is -0.278. The zero-order valence-electron chi connectivity index (χ0n) is 10.1. The third-order valence-electron chi connectivity index (χ3n) is 2.51. The number of nitrogens with zero attached hydrogens (tertiary/aromatic N) is 1. The van der Waals surface area contributed by atoms with Crippen LogP contribution in [0.1, 0.15) is 37.2 Å². The molecule has 1 aromatic rings. The molecule has 1 unspecified atom stereocenters. The maximum Gasteiger partial charge on any atom is 0.328 e. The fourth-order valence-electron chi connectivity index (χ4n) is 1.43. The van der Waals surface area contributed by atoms with E-state index in [0.29, 0.717) is 5.56 Å². The molecular formula is C12H17NO3. The van der Waals surface area contributed by atoms with Gasteiger partial charge in [0.05, 0.1) is 7.11 Å². The summed E-state index contributed by atoms with van der Waals surface area (Å²) in [5, 5.41) is 0. The summed E-state index contributed by atoms with van der Waals surface area (Å²) in [7, 11) is 1.35. The fourth-order valence-corrected chi connectivity index (χ4v) is 1.43. The van der Waals surface area contributed by atoms with Gasteiger partial charge in [-0.05, 0) is 13.0 Å². The lowest BCUT2D eigenvalue weighted by Gasteiger charge is -2.10. The Morgan fingerprint density at radius 1 is 1.31 bits per heavy atom. The van der Waals surface area contributed by atoms with Gasteiger partial charge < -0.3 is 9.30 Å². The topological polar surface area (TPSA) is 48.3 Å². The van der Waals surface area contributed by atoms with Crippen LogP contribution in [-0.2, 0) is 9.53 Å². The SMILES string of the molecule is COC(=O)C(C)n1ccc(C(=O)C(C)C)c1. The van der Waals surface area contributed by atoms with Gasteiger partial charge in [-0.1, -0.05) is 13.8 Å². The standard InChI is InChI=1S/C12H17NO3/c1-8(2)11(14)10-5-6-13(7-10)9(3)12(15)16-4/h5-9H,1-4H3. The smallest absolute Gasteiger partial charge is 0.328 e. The highest BCUT2D eigenvalue weighted by molar-refractivity contribution is 5.97. The van der Waals surface area contributed by atoms with Crippen molar-refractivity contribution in [1.29, 1.82) is 0 Å². The summed E-state index contributed by atoms with van der Waals surface area (Å²) < 4.78 is 6.32. The first-order valence-corrected chi connectivity index (χ1v) is 5.27. The average molecular weight is 223 g/mol. The predicted octanol–water partition coefficient (Wildman–Crippen LogP) is 2.06. The first-order chi connectivity index (χ1) is 7.47. The molecule has 0 aliphatic rings. The van der Waals surface area contributed by atoms with Gasteiger partial charge in [-0.15, -0.1) is 0 Å². The molecule has 0 spiro atoms. The van der Waals surface area contributed by atoms with E-state index in [-0.39, 0.29) is 17.7 Å². The lowest BCUT2D eigenvalue weighted by molar-refractivity contribution is -0.144. The summed E-state index contributed by atoms with van der Waals surface area (Å²) in [6, 6.07) is 1.32. The first-order valence-electron chi connectivity index (χ1n) is 5.27. The number of hydrogen-bond acceptors (Lipinski definition) is 3. The number of methoxy groups -OCH3 is 1. The second-order valence-corrected chi connectivity index (χ2v) is 4.07. The van der Waals surface area contributed by atoms with Gasteiger partial charge >= 0.3 is 5.97 Å². The van der Waals surface area contributed by atoms with Crippen molar-refractivity contribution in [3.8, 4) is 0 Å². The van der Waals surface area contributed by atoms with Gasteiger partial charge in [-0.3, -0.25) is 4.79 Å². The molecule has 0 N–H and O–H groups in total. The van der Waals surface area contributed by atoms with Crippen molar-refractivity contribution < 1.29 is 14.3 Å². The van der Waals surface area contributed by atoms with Gasteiger partial charge in [0.15, 0.2) is 5.78 Å². The summed E-state index contributed by atoms with van der Waals surface area (Å²) in [6.45, 7) is 5.43. The lowest BCUT2D eigenvalue weighted by atomic mass is 10.0. The number of aromatic nitrogens is 1. The Bertz CT molecular complexity index is 393. The molecule has 0 bridgehead atoms. The van der Waals surface area contributed by atoms with E-state index in [1.54, 1.807) is 30.0 Å². The van der Waals surface area contributed by atoms with Gasteiger partial charge in [0.2, 0.25) is 0 Å². The van der Waals surface area contributed by atoms with E-state index >= 15 is 0 Å². The second-order valence-electron chi connectivity index (χ2n) is 4.07. The number of carbonyl (C=O) groups excluding carboxylic acids is 2. The lowest BCUT2D eigenvalue weighted by Crippen LogP contribution is -2.16. The van der Waals surface area contributed by atoms with Crippen molar-refractivity contribution in [1.82, 2.24) is 4.57 Å². The van der Waals surface area contributed by atoms with Crippen molar-refractivity contribution in [2.75, 3.05) is 7.11 Å². The molecule has 0 aliphatic heterocycles. The number of ketones is 1. The third kappa shape index (κ3) is 2.51. The van der Waals surface area contributed by atoms with E-state index in [4.69, 9.17) is 0 Å². The van der Waals surface area contributed by atoms with Crippen LogP contribution in [0.5, 0.6) is 0 Å². The second kappa shape index (κ2) is 4.96. The number of hydrogen-bond donors (Lipinski definition) is 0. The van der Waals surface area contributed by atoms with Crippen LogP contribution >= 0.6 is 0 Å². The maximum absolute atomic E-state index is 11.7. The maximum atomic E-state index is 11.7. The van der Waals surface area contributed by atoms with E-state index in [1.165, 1.54) is 7.11 Å². The van der Waals surface area contributed by atoms with Crippen molar-refractivity contribution in [2.24, 2.45) is 5.92 Å². The Kier molecular flexibility index (Phi) is 3.88. The minimum Gasteiger partial charge on any atom is -0.467 e. The van der Waals surface area contributed by atoms with Gasteiger partial charge in [-0.2, -0.15) is 0 Å². The molecule has 0 aliphatic carbocycles. The van der Waals surface area contributed by atoms with Crippen LogP contribution in [0.2, 0.25) is 0 Å². The molecule has 1 atom stereocenters. The van der Waals surface area contributed by atoms with Crippen molar-refractivity contribution >= 4 is 11.8 Å². The number of carbonyl (C=O) groups is 2. The zero-order valence-corrected chi connectivity index (χ0v) is 10.1. The van der Waals surface area contributed by atoms with Crippen LogP contribution in [0.3, 0.4) is 0 Å². The summed E-state index contributed by atoms with van der Waals surface area (Å²) in [6.07, 6.45) is 3.40. The summed E-state index contributed by atoms with van der Waals surface area (Å²) in [4.78, 5) is 23.0. The highest BCUT2D eigenvalue weighted by Crippen LogP contribution is 2.14.